The van der Waals surface area contributed by atoms with Crippen LogP contribution in [0.3, 0.4) is 0 Å². The smallest absolute Gasteiger partial charge is 0.00559 e. The first-order valence-corrected chi connectivity index (χ1v) is 4.09. The molecule has 2 aliphatic rings. The lowest BCUT2D eigenvalue weighted by Gasteiger charge is -2.19. The average Bonchev–Trinajstić information content (AvgIpc) is 2.04. The third kappa shape index (κ3) is 1.21. The highest BCUT2D eigenvalue weighted by molar-refractivity contribution is 5.41. The SMILES string of the molecule is CC1=CC2=CC=CCC2C=C1. The molecule has 0 saturated carbocycles. The second-order valence-electron chi connectivity index (χ2n) is 3.18. The standard InChI is InChI=1S/C11H12/c1-9-6-7-10-4-2-3-5-11(10)8-9/h2-3,5-8,10H,4H2,1H3. The van der Waals surface area contributed by atoms with E-state index in [0.29, 0.717) is 5.92 Å². The molecule has 2 rings (SSSR count). The van der Waals surface area contributed by atoms with Crippen molar-refractivity contribution in [1.29, 1.82) is 0 Å². The summed E-state index contributed by atoms with van der Waals surface area (Å²) in [5.74, 6) is 0.656. The molecule has 2 aliphatic carbocycles. The normalized spacial score (nSPS) is 27.5. The zero-order valence-corrected chi connectivity index (χ0v) is 6.75. The summed E-state index contributed by atoms with van der Waals surface area (Å²) in [5, 5.41) is 0. The number of allylic oxidation sites excluding steroid dienone is 8. The van der Waals surface area contributed by atoms with Crippen LogP contribution in [0.1, 0.15) is 13.3 Å². The summed E-state index contributed by atoms with van der Waals surface area (Å²) in [5.41, 5.74) is 2.83. The number of hydrogen-bond acceptors (Lipinski definition) is 0. The van der Waals surface area contributed by atoms with Gasteiger partial charge in [-0.3, -0.25) is 0 Å². The summed E-state index contributed by atoms with van der Waals surface area (Å²) in [6, 6.07) is 0. The average molecular weight is 144 g/mol. The van der Waals surface area contributed by atoms with Gasteiger partial charge in [0.25, 0.3) is 0 Å². The maximum absolute atomic E-state index is 2.30. The molecule has 0 N–H and O–H groups in total. The Morgan fingerprint density at radius 1 is 1.45 bits per heavy atom. The van der Waals surface area contributed by atoms with E-state index >= 15 is 0 Å². The molecule has 0 heterocycles. The van der Waals surface area contributed by atoms with Crippen molar-refractivity contribution in [1.82, 2.24) is 0 Å². The number of fused-ring (bicyclic) bond motifs is 1. The first-order chi connectivity index (χ1) is 5.36. The van der Waals surface area contributed by atoms with E-state index in [4.69, 9.17) is 0 Å². The van der Waals surface area contributed by atoms with E-state index in [0.717, 1.165) is 0 Å². The highest BCUT2D eigenvalue weighted by Gasteiger charge is 2.12. The van der Waals surface area contributed by atoms with Gasteiger partial charge in [0.1, 0.15) is 0 Å². The molecule has 0 heteroatoms. The minimum Gasteiger partial charge on any atom is -0.0836 e. The van der Waals surface area contributed by atoms with Crippen molar-refractivity contribution >= 4 is 0 Å². The van der Waals surface area contributed by atoms with Gasteiger partial charge < -0.3 is 0 Å². The Morgan fingerprint density at radius 2 is 2.36 bits per heavy atom. The van der Waals surface area contributed by atoms with Crippen molar-refractivity contribution in [3.05, 3.63) is 47.6 Å². The first-order valence-electron chi connectivity index (χ1n) is 4.09. The van der Waals surface area contributed by atoms with Crippen LogP contribution in [0, 0.1) is 5.92 Å². The van der Waals surface area contributed by atoms with Crippen LogP contribution >= 0.6 is 0 Å². The molecule has 0 fully saturated rings. The van der Waals surface area contributed by atoms with E-state index in [-0.39, 0.29) is 0 Å². The van der Waals surface area contributed by atoms with Gasteiger partial charge in [-0.25, -0.2) is 0 Å². The molecule has 0 radical (unpaired) electrons. The molecule has 0 spiro atoms. The summed E-state index contributed by atoms with van der Waals surface area (Å²) in [4.78, 5) is 0. The zero-order chi connectivity index (χ0) is 7.68. The van der Waals surface area contributed by atoms with E-state index in [9.17, 15) is 0 Å². The Balaban J connectivity index is 2.35. The van der Waals surface area contributed by atoms with Crippen LogP contribution in [0.5, 0.6) is 0 Å². The highest BCUT2D eigenvalue weighted by Crippen LogP contribution is 2.27. The molecule has 0 aromatic heterocycles. The van der Waals surface area contributed by atoms with Crippen molar-refractivity contribution in [2.75, 3.05) is 0 Å². The van der Waals surface area contributed by atoms with Crippen molar-refractivity contribution in [2.24, 2.45) is 5.92 Å². The van der Waals surface area contributed by atoms with Crippen LogP contribution in [0.25, 0.3) is 0 Å². The summed E-state index contributed by atoms with van der Waals surface area (Å²) >= 11 is 0. The Kier molecular flexibility index (Phi) is 1.54. The Labute approximate surface area is 67.6 Å². The molecule has 0 amide bonds. The molecule has 1 atom stereocenters. The molecule has 0 bridgehead atoms. The fourth-order valence-electron chi connectivity index (χ4n) is 1.59. The summed E-state index contributed by atoms with van der Waals surface area (Å²) < 4.78 is 0. The fourth-order valence-corrected chi connectivity index (χ4v) is 1.59. The van der Waals surface area contributed by atoms with Crippen LogP contribution in [-0.2, 0) is 0 Å². The molecule has 11 heavy (non-hydrogen) atoms. The first kappa shape index (κ1) is 6.66. The summed E-state index contributed by atoms with van der Waals surface area (Å²) in [7, 11) is 0. The molecule has 0 aliphatic heterocycles. The van der Waals surface area contributed by atoms with Crippen molar-refractivity contribution in [2.45, 2.75) is 13.3 Å². The lowest BCUT2D eigenvalue weighted by molar-refractivity contribution is 0.776. The quantitative estimate of drug-likeness (QED) is 0.490. The van der Waals surface area contributed by atoms with Crippen molar-refractivity contribution < 1.29 is 0 Å². The van der Waals surface area contributed by atoms with Crippen LogP contribution in [0.2, 0.25) is 0 Å². The Hall–Kier alpha value is -1.04. The van der Waals surface area contributed by atoms with Crippen LogP contribution in [0.15, 0.2) is 47.6 Å². The molecular formula is C11H12. The van der Waals surface area contributed by atoms with Gasteiger partial charge in [-0.15, -0.1) is 0 Å². The topological polar surface area (TPSA) is 0 Å². The van der Waals surface area contributed by atoms with Crippen molar-refractivity contribution in [3.63, 3.8) is 0 Å². The van der Waals surface area contributed by atoms with Crippen molar-refractivity contribution in [3.8, 4) is 0 Å². The predicted molar refractivity (Wildman–Crippen MR) is 48.2 cm³/mol. The van der Waals surface area contributed by atoms with Crippen LogP contribution in [0.4, 0.5) is 0 Å². The second-order valence-corrected chi connectivity index (χ2v) is 3.18. The fraction of sp³-hybridized carbons (Fsp3) is 0.273. The Bertz CT molecular complexity index is 274. The monoisotopic (exact) mass is 144 g/mol. The van der Waals surface area contributed by atoms with Gasteiger partial charge in [-0.1, -0.05) is 42.0 Å². The lowest BCUT2D eigenvalue weighted by Crippen LogP contribution is -2.04. The number of rotatable bonds is 0. The third-order valence-corrected chi connectivity index (χ3v) is 2.23. The predicted octanol–water partition coefficient (Wildman–Crippen LogP) is 3.01. The number of hydrogen-bond donors (Lipinski definition) is 0. The Morgan fingerprint density at radius 3 is 3.27 bits per heavy atom. The van der Waals surface area contributed by atoms with Gasteiger partial charge in [-0.05, 0) is 18.9 Å². The van der Waals surface area contributed by atoms with E-state index in [1.165, 1.54) is 17.6 Å². The van der Waals surface area contributed by atoms with Gasteiger partial charge in [0.05, 0.1) is 0 Å². The van der Waals surface area contributed by atoms with E-state index in [2.05, 4.69) is 43.4 Å². The van der Waals surface area contributed by atoms with Gasteiger partial charge in [0.2, 0.25) is 0 Å². The molecule has 1 unspecified atom stereocenters. The van der Waals surface area contributed by atoms with E-state index in [1.807, 2.05) is 0 Å². The van der Waals surface area contributed by atoms with Gasteiger partial charge in [-0.2, -0.15) is 0 Å². The largest absolute Gasteiger partial charge is 0.0836 e. The summed E-state index contributed by atoms with van der Waals surface area (Å²) in [6.45, 7) is 2.14. The zero-order valence-electron chi connectivity index (χ0n) is 6.75. The highest BCUT2D eigenvalue weighted by atomic mass is 14.2. The van der Waals surface area contributed by atoms with Crippen LogP contribution in [-0.4, -0.2) is 0 Å². The lowest BCUT2D eigenvalue weighted by atomic mass is 9.86. The minimum atomic E-state index is 0.656. The molecule has 0 nitrogen and oxygen atoms in total. The third-order valence-electron chi connectivity index (χ3n) is 2.23. The molecule has 0 saturated heterocycles. The summed E-state index contributed by atoms with van der Waals surface area (Å²) in [6.07, 6.45) is 14.5. The molecule has 0 aromatic carbocycles. The van der Waals surface area contributed by atoms with E-state index in [1.54, 1.807) is 0 Å². The second kappa shape index (κ2) is 2.54. The van der Waals surface area contributed by atoms with Gasteiger partial charge in [0, 0.05) is 5.92 Å². The maximum atomic E-state index is 2.30. The molecule has 0 aromatic rings. The van der Waals surface area contributed by atoms with Gasteiger partial charge >= 0.3 is 0 Å². The van der Waals surface area contributed by atoms with Gasteiger partial charge in [0.15, 0.2) is 0 Å². The molecule has 56 valence electrons. The molecular weight excluding hydrogens is 132 g/mol. The maximum Gasteiger partial charge on any atom is 0.00559 e. The van der Waals surface area contributed by atoms with Crippen LogP contribution < -0.4 is 0 Å². The van der Waals surface area contributed by atoms with E-state index < -0.39 is 0 Å². The minimum absolute atomic E-state index is 0.656.